The molecule has 0 aliphatic rings. The number of benzene rings is 1. The zero-order valence-corrected chi connectivity index (χ0v) is 12.6. The summed E-state index contributed by atoms with van der Waals surface area (Å²) in [7, 11) is 3.82. The van der Waals surface area contributed by atoms with Crippen LogP contribution in [0.2, 0.25) is 0 Å². The molecule has 0 saturated carbocycles. The quantitative estimate of drug-likeness (QED) is 0.894. The molecule has 0 amide bonds. The molecule has 0 spiro atoms. The monoisotopic (exact) mass is 260 g/mol. The standard InChI is InChI=1S/C16H24N2O/c1-11(2)17-9-8-13-10-18(4)16-14(19-5)7-6-12(3)15(13)16/h6-7,10-11,17H,8-9H2,1-5H3. The van der Waals surface area contributed by atoms with Crippen LogP contribution >= 0.6 is 0 Å². The minimum Gasteiger partial charge on any atom is -0.495 e. The van der Waals surface area contributed by atoms with Gasteiger partial charge >= 0.3 is 0 Å². The molecule has 19 heavy (non-hydrogen) atoms. The van der Waals surface area contributed by atoms with E-state index in [0.29, 0.717) is 6.04 Å². The number of aryl methyl sites for hydroxylation is 2. The molecular weight excluding hydrogens is 236 g/mol. The maximum atomic E-state index is 5.48. The summed E-state index contributed by atoms with van der Waals surface area (Å²) in [6.07, 6.45) is 3.27. The van der Waals surface area contributed by atoms with Crippen LogP contribution in [-0.4, -0.2) is 24.3 Å². The molecule has 3 nitrogen and oxygen atoms in total. The molecule has 0 unspecified atom stereocenters. The smallest absolute Gasteiger partial charge is 0.143 e. The summed E-state index contributed by atoms with van der Waals surface area (Å²) in [6.45, 7) is 7.53. The predicted molar refractivity (Wildman–Crippen MR) is 81.1 cm³/mol. The molecule has 1 aromatic carbocycles. The van der Waals surface area contributed by atoms with Gasteiger partial charge in [-0.2, -0.15) is 0 Å². The molecule has 1 aromatic heterocycles. The van der Waals surface area contributed by atoms with E-state index in [1.165, 1.54) is 22.0 Å². The molecule has 0 fully saturated rings. The highest BCUT2D eigenvalue weighted by Gasteiger charge is 2.13. The second kappa shape index (κ2) is 5.66. The van der Waals surface area contributed by atoms with Gasteiger partial charge in [0.2, 0.25) is 0 Å². The van der Waals surface area contributed by atoms with E-state index in [2.05, 4.69) is 50.0 Å². The summed E-state index contributed by atoms with van der Waals surface area (Å²) in [5.41, 5.74) is 3.90. The lowest BCUT2D eigenvalue weighted by molar-refractivity contribution is 0.418. The van der Waals surface area contributed by atoms with Crippen molar-refractivity contribution in [3.63, 3.8) is 0 Å². The van der Waals surface area contributed by atoms with Crippen molar-refractivity contribution < 1.29 is 4.74 Å². The number of ether oxygens (including phenoxy) is 1. The second-order valence-electron chi connectivity index (χ2n) is 5.43. The maximum absolute atomic E-state index is 5.48. The fourth-order valence-electron chi connectivity index (χ4n) is 2.64. The van der Waals surface area contributed by atoms with Crippen LogP contribution in [0.15, 0.2) is 18.3 Å². The van der Waals surface area contributed by atoms with E-state index in [1.807, 2.05) is 6.07 Å². The molecular formula is C16H24N2O. The minimum atomic E-state index is 0.533. The number of aromatic nitrogens is 1. The lowest BCUT2D eigenvalue weighted by atomic mass is 10.0. The van der Waals surface area contributed by atoms with Gasteiger partial charge in [0, 0.05) is 24.7 Å². The average Bonchev–Trinajstić information content (AvgIpc) is 2.68. The van der Waals surface area contributed by atoms with Crippen molar-refractivity contribution in [3.8, 4) is 5.75 Å². The SMILES string of the molecule is COc1ccc(C)c2c(CCNC(C)C)cn(C)c12. The molecule has 0 bridgehead atoms. The van der Waals surface area contributed by atoms with Gasteiger partial charge in [-0.25, -0.2) is 0 Å². The first-order valence-corrected chi connectivity index (χ1v) is 6.89. The Kier molecular flexibility index (Phi) is 4.15. The number of methoxy groups -OCH3 is 1. The number of fused-ring (bicyclic) bond motifs is 1. The van der Waals surface area contributed by atoms with Crippen LogP contribution in [0, 0.1) is 6.92 Å². The van der Waals surface area contributed by atoms with Crippen molar-refractivity contribution in [2.45, 2.75) is 33.2 Å². The van der Waals surface area contributed by atoms with E-state index in [-0.39, 0.29) is 0 Å². The van der Waals surface area contributed by atoms with Gasteiger partial charge in [-0.3, -0.25) is 0 Å². The van der Waals surface area contributed by atoms with Gasteiger partial charge < -0.3 is 14.6 Å². The summed E-state index contributed by atoms with van der Waals surface area (Å²) in [4.78, 5) is 0. The number of nitrogens with one attached hydrogen (secondary N) is 1. The molecule has 1 heterocycles. The van der Waals surface area contributed by atoms with Crippen molar-refractivity contribution >= 4 is 10.9 Å². The van der Waals surface area contributed by atoms with Crippen LogP contribution in [-0.2, 0) is 13.5 Å². The lowest BCUT2D eigenvalue weighted by Gasteiger charge is -2.09. The Balaban J connectivity index is 2.40. The van der Waals surface area contributed by atoms with E-state index in [1.54, 1.807) is 7.11 Å². The molecule has 0 aliphatic carbocycles. The Morgan fingerprint density at radius 1 is 1.32 bits per heavy atom. The Bertz CT molecular complexity index is 570. The third-order valence-corrected chi connectivity index (χ3v) is 3.54. The normalized spacial score (nSPS) is 11.5. The number of hydrogen-bond donors (Lipinski definition) is 1. The molecule has 0 atom stereocenters. The third kappa shape index (κ3) is 2.76. The molecule has 0 radical (unpaired) electrons. The zero-order chi connectivity index (χ0) is 14.0. The molecule has 2 rings (SSSR count). The van der Waals surface area contributed by atoms with Gasteiger partial charge in [0.25, 0.3) is 0 Å². The van der Waals surface area contributed by atoms with Crippen molar-refractivity contribution in [3.05, 3.63) is 29.5 Å². The largest absolute Gasteiger partial charge is 0.495 e. The van der Waals surface area contributed by atoms with Crippen LogP contribution in [0.25, 0.3) is 10.9 Å². The molecule has 3 heteroatoms. The second-order valence-corrected chi connectivity index (χ2v) is 5.43. The van der Waals surface area contributed by atoms with Crippen LogP contribution in [0.1, 0.15) is 25.0 Å². The number of rotatable bonds is 5. The average molecular weight is 260 g/mol. The van der Waals surface area contributed by atoms with E-state index < -0.39 is 0 Å². The van der Waals surface area contributed by atoms with E-state index in [9.17, 15) is 0 Å². The summed E-state index contributed by atoms with van der Waals surface area (Å²) < 4.78 is 7.66. The van der Waals surface area contributed by atoms with Gasteiger partial charge in [0.05, 0.1) is 12.6 Å². The Morgan fingerprint density at radius 2 is 2.05 bits per heavy atom. The Hall–Kier alpha value is -1.48. The Morgan fingerprint density at radius 3 is 2.68 bits per heavy atom. The highest BCUT2D eigenvalue weighted by molar-refractivity contribution is 5.92. The predicted octanol–water partition coefficient (Wildman–Crippen LogP) is 3.04. The van der Waals surface area contributed by atoms with Crippen molar-refractivity contribution in [1.29, 1.82) is 0 Å². The van der Waals surface area contributed by atoms with E-state index in [4.69, 9.17) is 4.74 Å². The Labute approximate surface area is 115 Å². The van der Waals surface area contributed by atoms with Crippen molar-refractivity contribution in [2.24, 2.45) is 7.05 Å². The molecule has 0 aliphatic heterocycles. The van der Waals surface area contributed by atoms with E-state index in [0.717, 1.165) is 18.7 Å². The fraction of sp³-hybridized carbons (Fsp3) is 0.500. The zero-order valence-electron chi connectivity index (χ0n) is 12.6. The van der Waals surface area contributed by atoms with Crippen LogP contribution in [0.3, 0.4) is 0 Å². The highest BCUT2D eigenvalue weighted by Crippen LogP contribution is 2.32. The summed E-state index contributed by atoms with van der Waals surface area (Å²) in [5.74, 6) is 0.950. The van der Waals surface area contributed by atoms with Crippen molar-refractivity contribution in [2.75, 3.05) is 13.7 Å². The van der Waals surface area contributed by atoms with Crippen LogP contribution < -0.4 is 10.1 Å². The van der Waals surface area contributed by atoms with E-state index >= 15 is 0 Å². The lowest BCUT2D eigenvalue weighted by Crippen LogP contribution is -2.24. The maximum Gasteiger partial charge on any atom is 0.143 e. The first-order chi connectivity index (χ1) is 9.04. The van der Waals surface area contributed by atoms with Gasteiger partial charge in [0.1, 0.15) is 5.75 Å². The topological polar surface area (TPSA) is 26.2 Å². The molecule has 0 saturated heterocycles. The summed E-state index contributed by atoms with van der Waals surface area (Å²) >= 11 is 0. The molecule has 1 N–H and O–H groups in total. The first-order valence-electron chi connectivity index (χ1n) is 6.89. The van der Waals surface area contributed by atoms with Gasteiger partial charge in [-0.05, 0) is 37.1 Å². The number of hydrogen-bond acceptors (Lipinski definition) is 2. The van der Waals surface area contributed by atoms with Crippen molar-refractivity contribution in [1.82, 2.24) is 9.88 Å². The third-order valence-electron chi connectivity index (χ3n) is 3.54. The summed E-state index contributed by atoms with van der Waals surface area (Å²) in [6, 6.07) is 4.72. The highest BCUT2D eigenvalue weighted by atomic mass is 16.5. The van der Waals surface area contributed by atoms with Crippen LogP contribution in [0.5, 0.6) is 5.75 Å². The summed E-state index contributed by atoms with van der Waals surface area (Å²) in [5, 5.41) is 4.82. The first kappa shape index (κ1) is 13.9. The number of nitrogens with zero attached hydrogens (tertiary/aromatic N) is 1. The van der Waals surface area contributed by atoms with Gasteiger partial charge in [-0.1, -0.05) is 19.9 Å². The molecule has 2 aromatic rings. The molecule has 104 valence electrons. The van der Waals surface area contributed by atoms with Gasteiger partial charge in [-0.15, -0.1) is 0 Å². The fourth-order valence-corrected chi connectivity index (χ4v) is 2.64. The van der Waals surface area contributed by atoms with Gasteiger partial charge in [0.15, 0.2) is 0 Å². The van der Waals surface area contributed by atoms with Crippen LogP contribution in [0.4, 0.5) is 0 Å². The minimum absolute atomic E-state index is 0.533.